The standard InChI is InChI=1S/C24H22N2OS/c1-16-8-7-11-20(14-16)23(27)26(15-19-9-5-4-6-10-19)24-25-22-18(3)17(2)12-13-21(22)28-24/h4-14H,15H2,1-3H3. The van der Waals surface area contributed by atoms with E-state index in [0.29, 0.717) is 12.1 Å². The number of thiazole rings is 1. The lowest BCUT2D eigenvalue weighted by molar-refractivity contribution is 0.0985. The van der Waals surface area contributed by atoms with Crippen molar-refractivity contribution in [3.8, 4) is 0 Å². The number of anilines is 1. The fraction of sp³-hybridized carbons (Fsp3) is 0.167. The number of aromatic nitrogens is 1. The molecule has 0 unspecified atom stereocenters. The fourth-order valence-corrected chi connectivity index (χ4v) is 4.28. The number of aryl methyl sites for hydroxylation is 3. The highest BCUT2D eigenvalue weighted by atomic mass is 32.1. The van der Waals surface area contributed by atoms with Crippen LogP contribution in [0.15, 0.2) is 66.7 Å². The zero-order valence-electron chi connectivity index (χ0n) is 16.3. The molecule has 4 aromatic rings. The van der Waals surface area contributed by atoms with E-state index in [1.54, 1.807) is 16.2 Å². The first-order chi connectivity index (χ1) is 13.5. The third-order valence-corrected chi connectivity index (χ3v) is 6.04. The molecule has 3 aromatic carbocycles. The van der Waals surface area contributed by atoms with E-state index in [1.165, 1.54) is 11.1 Å². The number of carbonyl (C=O) groups excluding carboxylic acids is 1. The highest BCUT2D eigenvalue weighted by molar-refractivity contribution is 7.22. The first kappa shape index (κ1) is 18.4. The van der Waals surface area contributed by atoms with Gasteiger partial charge in [0.05, 0.1) is 16.8 Å². The van der Waals surface area contributed by atoms with E-state index in [4.69, 9.17) is 4.98 Å². The number of carbonyl (C=O) groups is 1. The van der Waals surface area contributed by atoms with Crippen LogP contribution < -0.4 is 4.90 Å². The molecule has 0 aliphatic carbocycles. The predicted molar refractivity (Wildman–Crippen MR) is 117 cm³/mol. The maximum atomic E-state index is 13.4. The zero-order chi connectivity index (χ0) is 19.7. The molecule has 0 aliphatic heterocycles. The summed E-state index contributed by atoms with van der Waals surface area (Å²) in [7, 11) is 0. The van der Waals surface area contributed by atoms with Gasteiger partial charge < -0.3 is 0 Å². The molecule has 4 rings (SSSR count). The zero-order valence-corrected chi connectivity index (χ0v) is 17.1. The van der Waals surface area contributed by atoms with Crippen molar-refractivity contribution in [2.24, 2.45) is 0 Å². The molecule has 0 fully saturated rings. The smallest absolute Gasteiger partial charge is 0.260 e. The number of hydrogen-bond donors (Lipinski definition) is 0. The summed E-state index contributed by atoms with van der Waals surface area (Å²) in [6.45, 7) is 6.67. The molecule has 140 valence electrons. The lowest BCUT2D eigenvalue weighted by Gasteiger charge is -2.20. The van der Waals surface area contributed by atoms with Gasteiger partial charge in [0.15, 0.2) is 5.13 Å². The molecule has 1 heterocycles. The van der Waals surface area contributed by atoms with Crippen LogP contribution in [0.4, 0.5) is 5.13 Å². The van der Waals surface area contributed by atoms with E-state index in [2.05, 4.69) is 26.0 Å². The molecule has 0 aliphatic rings. The molecule has 0 saturated carbocycles. The van der Waals surface area contributed by atoms with Crippen LogP contribution in [0.25, 0.3) is 10.2 Å². The van der Waals surface area contributed by atoms with E-state index in [1.807, 2.05) is 61.5 Å². The number of rotatable bonds is 4. The van der Waals surface area contributed by atoms with Crippen LogP contribution in [0.3, 0.4) is 0 Å². The van der Waals surface area contributed by atoms with Crippen molar-refractivity contribution in [2.75, 3.05) is 4.90 Å². The van der Waals surface area contributed by atoms with Crippen LogP contribution in [0.1, 0.15) is 32.6 Å². The van der Waals surface area contributed by atoms with Crippen molar-refractivity contribution < 1.29 is 4.79 Å². The lowest BCUT2D eigenvalue weighted by Crippen LogP contribution is -2.30. The van der Waals surface area contributed by atoms with E-state index in [9.17, 15) is 4.79 Å². The van der Waals surface area contributed by atoms with Gasteiger partial charge in [0.1, 0.15) is 0 Å². The summed E-state index contributed by atoms with van der Waals surface area (Å²) in [5.74, 6) is -0.0269. The Kier molecular flexibility index (Phi) is 4.97. The minimum atomic E-state index is -0.0269. The second-order valence-electron chi connectivity index (χ2n) is 7.10. The average molecular weight is 387 g/mol. The van der Waals surface area contributed by atoms with Crippen LogP contribution >= 0.6 is 11.3 Å². The van der Waals surface area contributed by atoms with Crippen molar-refractivity contribution in [1.29, 1.82) is 0 Å². The Morgan fingerprint density at radius 1 is 0.964 bits per heavy atom. The highest BCUT2D eigenvalue weighted by Gasteiger charge is 2.22. The Balaban J connectivity index is 1.80. The molecule has 3 nitrogen and oxygen atoms in total. The van der Waals surface area contributed by atoms with Gasteiger partial charge in [-0.1, -0.05) is 65.4 Å². The fourth-order valence-electron chi connectivity index (χ4n) is 3.26. The monoisotopic (exact) mass is 386 g/mol. The van der Waals surface area contributed by atoms with Crippen molar-refractivity contribution in [3.63, 3.8) is 0 Å². The number of nitrogens with zero attached hydrogens (tertiary/aromatic N) is 2. The molecule has 0 atom stereocenters. The van der Waals surface area contributed by atoms with Gasteiger partial charge in [0, 0.05) is 5.56 Å². The molecule has 28 heavy (non-hydrogen) atoms. The van der Waals surface area contributed by atoms with Crippen molar-refractivity contribution >= 4 is 32.6 Å². The molecule has 4 heteroatoms. The van der Waals surface area contributed by atoms with Crippen LogP contribution in [0.5, 0.6) is 0 Å². The van der Waals surface area contributed by atoms with Gasteiger partial charge in [-0.3, -0.25) is 9.69 Å². The third-order valence-electron chi connectivity index (χ3n) is 5.00. The maximum absolute atomic E-state index is 13.4. The van der Waals surface area contributed by atoms with Crippen LogP contribution in [0.2, 0.25) is 0 Å². The Bertz CT molecular complexity index is 1150. The lowest BCUT2D eigenvalue weighted by atomic mass is 10.1. The van der Waals surface area contributed by atoms with Gasteiger partial charge in [-0.05, 0) is 55.7 Å². The average Bonchev–Trinajstić information content (AvgIpc) is 3.14. The third kappa shape index (κ3) is 3.56. The molecular formula is C24H22N2OS. The van der Waals surface area contributed by atoms with Crippen molar-refractivity contribution in [3.05, 3.63) is 94.5 Å². The molecule has 1 amide bonds. The van der Waals surface area contributed by atoms with Crippen LogP contribution in [0, 0.1) is 20.8 Å². The van der Waals surface area contributed by atoms with Gasteiger partial charge in [0.2, 0.25) is 0 Å². The van der Waals surface area contributed by atoms with Crippen LogP contribution in [-0.4, -0.2) is 10.9 Å². The summed E-state index contributed by atoms with van der Waals surface area (Å²) < 4.78 is 1.10. The summed E-state index contributed by atoms with van der Waals surface area (Å²) >= 11 is 1.57. The predicted octanol–water partition coefficient (Wildman–Crippen LogP) is 6.07. The summed E-state index contributed by atoms with van der Waals surface area (Å²) in [4.78, 5) is 20.1. The minimum absolute atomic E-state index is 0.0269. The molecule has 1 aromatic heterocycles. The molecule has 0 N–H and O–H groups in total. The van der Waals surface area contributed by atoms with Gasteiger partial charge in [0.25, 0.3) is 5.91 Å². The molecule has 0 saturated heterocycles. The van der Waals surface area contributed by atoms with E-state index >= 15 is 0 Å². The Hall–Kier alpha value is -2.98. The second kappa shape index (κ2) is 7.56. The summed E-state index contributed by atoms with van der Waals surface area (Å²) in [6.07, 6.45) is 0. The SMILES string of the molecule is Cc1cccc(C(=O)N(Cc2ccccc2)c2nc3c(C)c(C)ccc3s2)c1. The highest BCUT2D eigenvalue weighted by Crippen LogP contribution is 2.33. The number of amides is 1. The summed E-state index contributed by atoms with van der Waals surface area (Å²) in [5.41, 5.74) is 6.20. The quantitative estimate of drug-likeness (QED) is 0.426. The summed E-state index contributed by atoms with van der Waals surface area (Å²) in [6, 6.07) is 22.0. The molecule has 0 radical (unpaired) electrons. The van der Waals surface area contributed by atoms with E-state index < -0.39 is 0 Å². The first-order valence-electron chi connectivity index (χ1n) is 9.32. The topological polar surface area (TPSA) is 33.2 Å². The van der Waals surface area contributed by atoms with Gasteiger partial charge in [-0.15, -0.1) is 0 Å². The minimum Gasteiger partial charge on any atom is -0.279 e. The Morgan fingerprint density at radius 3 is 2.50 bits per heavy atom. The van der Waals surface area contributed by atoms with Gasteiger partial charge in [-0.2, -0.15) is 0 Å². The Morgan fingerprint density at radius 2 is 1.75 bits per heavy atom. The largest absolute Gasteiger partial charge is 0.279 e. The first-order valence-corrected chi connectivity index (χ1v) is 10.1. The van der Waals surface area contributed by atoms with Gasteiger partial charge in [-0.25, -0.2) is 4.98 Å². The van der Waals surface area contributed by atoms with E-state index in [-0.39, 0.29) is 5.91 Å². The van der Waals surface area contributed by atoms with Crippen molar-refractivity contribution in [2.45, 2.75) is 27.3 Å². The molecule has 0 spiro atoms. The normalized spacial score (nSPS) is 11.0. The summed E-state index contributed by atoms with van der Waals surface area (Å²) in [5, 5.41) is 0.735. The number of hydrogen-bond acceptors (Lipinski definition) is 3. The number of benzene rings is 3. The maximum Gasteiger partial charge on any atom is 0.260 e. The van der Waals surface area contributed by atoms with E-state index in [0.717, 1.165) is 26.5 Å². The van der Waals surface area contributed by atoms with Crippen molar-refractivity contribution in [1.82, 2.24) is 4.98 Å². The molecule has 0 bridgehead atoms. The number of fused-ring (bicyclic) bond motifs is 1. The molecular weight excluding hydrogens is 364 g/mol. The van der Waals surface area contributed by atoms with Crippen LogP contribution in [-0.2, 0) is 6.54 Å². The Labute approximate surface area is 169 Å². The second-order valence-corrected chi connectivity index (χ2v) is 8.11. The van der Waals surface area contributed by atoms with Gasteiger partial charge >= 0.3 is 0 Å².